The van der Waals surface area contributed by atoms with Gasteiger partial charge in [-0.1, -0.05) is 25.1 Å². The Morgan fingerprint density at radius 1 is 1.25 bits per heavy atom. The molecule has 4 nitrogen and oxygen atoms in total. The fraction of sp³-hybridized carbons (Fsp3) is 0.333. The summed E-state index contributed by atoms with van der Waals surface area (Å²) in [7, 11) is 0. The standard InChI is InChI=1S/C24H24N2O2/c1-15(2)28-23-12-11-17(13-21(23)25-4)24-26-22(14-27-24)20-10-6-8-18-16(3)7-5-9-19(18)20/h6,8,10-16H,5,7,9H2,1-3H3/t16-/m0/s1. The highest BCUT2D eigenvalue weighted by molar-refractivity contribution is 5.71. The lowest BCUT2D eigenvalue weighted by Crippen LogP contribution is -2.08. The van der Waals surface area contributed by atoms with E-state index in [2.05, 4.69) is 30.0 Å². The smallest absolute Gasteiger partial charge is 0.228 e. The highest BCUT2D eigenvalue weighted by Gasteiger charge is 2.21. The van der Waals surface area contributed by atoms with Gasteiger partial charge in [-0.25, -0.2) is 9.83 Å². The van der Waals surface area contributed by atoms with Gasteiger partial charge in [0.25, 0.3) is 0 Å². The van der Waals surface area contributed by atoms with Crippen LogP contribution in [0.1, 0.15) is 50.7 Å². The molecular weight excluding hydrogens is 348 g/mol. The van der Waals surface area contributed by atoms with Gasteiger partial charge in [0.05, 0.1) is 12.7 Å². The van der Waals surface area contributed by atoms with Gasteiger partial charge < -0.3 is 9.15 Å². The second kappa shape index (κ2) is 7.52. The van der Waals surface area contributed by atoms with Crippen molar-refractivity contribution < 1.29 is 9.15 Å². The molecule has 1 aliphatic carbocycles. The maximum Gasteiger partial charge on any atom is 0.228 e. The van der Waals surface area contributed by atoms with Gasteiger partial charge in [-0.05, 0) is 68.4 Å². The molecule has 1 atom stereocenters. The summed E-state index contributed by atoms with van der Waals surface area (Å²) in [6.45, 7) is 13.6. The van der Waals surface area contributed by atoms with E-state index >= 15 is 0 Å². The lowest BCUT2D eigenvalue weighted by Gasteiger charge is -2.24. The highest BCUT2D eigenvalue weighted by Crippen LogP contribution is 2.38. The minimum absolute atomic E-state index is 0.0198. The fourth-order valence-corrected chi connectivity index (χ4v) is 3.95. The highest BCUT2D eigenvalue weighted by atomic mass is 16.5. The molecule has 0 saturated heterocycles. The van der Waals surface area contributed by atoms with Gasteiger partial charge in [0, 0.05) is 11.1 Å². The monoisotopic (exact) mass is 372 g/mol. The molecular formula is C24H24N2O2. The number of fused-ring (bicyclic) bond motifs is 1. The molecule has 0 spiro atoms. The van der Waals surface area contributed by atoms with Crippen LogP contribution in [0.4, 0.5) is 5.69 Å². The molecule has 0 radical (unpaired) electrons. The van der Waals surface area contributed by atoms with Crippen molar-refractivity contribution in [2.45, 2.75) is 52.1 Å². The molecule has 28 heavy (non-hydrogen) atoms. The number of hydrogen-bond acceptors (Lipinski definition) is 3. The Morgan fingerprint density at radius 3 is 2.89 bits per heavy atom. The van der Waals surface area contributed by atoms with Crippen molar-refractivity contribution in [2.24, 2.45) is 0 Å². The van der Waals surface area contributed by atoms with Crippen LogP contribution >= 0.6 is 0 Å². The van der Waals surface area contributed by atoms with Gasteiger partial charge in [-0.3, -0.25) is 0 Å². The zero-order valence-corrected chi connectivity index (χ0v) is 16.5. The predicted molar refractivity (Wildman–Crippen MR) is 111 cm³/mol. The first kappa shape index (κ1) is 18.3. The fourth-order valence-electron chi connectivity index (χ4n) is 3.95. The van der Waals surface area contributed by atoms with Gasteiger partial charge >= 0.3 is 0 Å². The molecule has 0 saturated carbocycles. The average Bonchev–Trinajstić information content (AvgIpc) is 3.18. The van der Waals surface area contributed by atoms with E-state index < -0.39 is 0 Å². The lowest BCUT2D eigenvalue weighted by atomic mass is 9.81. The molecule has 1 aliphatic rings. The number of rotatable bonds is 4. The van der Waals surface area contributed by atoms with Crippen LogP contribution in [0, 0.1) is 6.57 Å². The molecule has 4 heteroatoms. The third-order valence-electron chi connectivity index (χ3n) is 5.28. The van der Waals surface area contributed by atoms with Gasteiger partial charge in [0.2, 0.25) is 11.6 Å². The molecule has 0 aliphatic heterocycles. The van der Waals surface area contributed by atoms with Crippen LogP contribution < -0.4 is 4.74 Å². The second-order valence-electron chi connectivity index (χ2n) is 7.67. The van der Waals surface area contributed by atoms with Crippen LogP contribution in [0.5, 0.6) is 5.75 Å². The van der Waals surface area contributed by atoms with Gasteiger partial charge in [0.15, 0.2) is 0 Å². The number of ether oxygens (including phenoxy) is 1. The third kappa shape index (κ3) is 3.41. The van der Waals surface area contributed by atoms with Crippen LogP contribution in [0.2, 0.25) is 0 Å². The van der Waals surface area contributed by atoms with E-state index in [0.717, 1.165) is 23.2 Å². The molecule has 0 amide bonds. The SMILES string of the molecule is [C-]#[N+]c1cc(-c2nc(-c3cccc4c3CCC[C@@H]4C)co2)ccc1OC(C)C. The minimum Gasteiger partial charge on any atom is -0.502 e. The zero-order chi connectivity index (χ0) is 19.7. The van der Waals surface area contributed by atoms with Crippen LogP contribution in [0.25, 0.3) is 27.6 Å². The zero-order valence-electron chi connectivity index (χ0n) is 16.5. The first-order valence-electron chi connectivity index (χ1n) is 9.83. The number of aromatic nitrogens is 1. The Hall–Kier alpha value is -3.06. The van der Waals surface area contributed by atoms with Crippen LogP contribution in [0.15, 0.2) is 47.1 Å². The normalized spacial score (nSPS) is 15.9. The summed E-state index contributed by atoms with van der Waals surface area (Å²) in [6, 6.07) is 12.0. The number of hydrogen-bond donors (Lipinski definition) is 0. The summed E-state index contributed by atoms with van der Waals surface area (Å²) in [6.07, 6.45) is 5.28. The van der Waals surface area contributed by atoms with Crippen LogP contribution in [-0.2, 0) is 6.42 Å². The number of benzene rings is 2. The molecule has 1 aromatic heterocycles. The predicted octanol–water partition coefficient (Wildman–Crippen LogP) is 6.79. The van der Waals surface area contributed by atoms with Crippen LogP contribution in [0.3, 0.4) is 0 Å². The first-order valence-corrected chi connectivity index (χ1v) is 9.83. The summed E-state index contributed by atoms with van der Waals surface area (Å²) >= 11 is 0. The van der Waals surface area contributed by atoms with Crippen molar-refractivity contribution in [1.29, 1.82) is 0 Å². The summed E-state index contributed by atoms with van der Waals surface area (Å²) in [5.41, 5.74) is 6.09. The largest absolute Gasteiger partial charge is 0.502 e. The third-order valence-corrected chi connectivity index (χ3v) is 5.28. The molecule has 2 aromatic carbocycles. The van der Waals surface area contributed by atoms with Crippen LogP contribution in [-0.4, -0.2) is 11.1 Å². The summed E-state index contributed by atoms with van der Waals surface area (Å²) in [4.78, 5) is 8.34. The summed E-state index contributed by atoms with van der Waals surface area (Å²) < 4.78 is 11.5. The Morgan fingerprint density at radius 2 is 2.11 bits per heavy atom. The van der Waals surface area contributed by atoms with Gasteiger partial charge in [0.1, 0.15) is 17.7 Å². The molecule has 0 fully saturated rings. The Labute approximate surface area is 166 Å². The average molecular weight is 372 g/mol. The van der Waals surface area contributed by atoms with Crippen molar-refractivity contribution >= 4 is 5.69 Å². The van der Waals surface area contributed by atoms with E-state index in [1.165, 1.54) is 24.0 Å². The molecule has 1 heterocycles. The van der Waals surface area contributed by atoms with Gasteiger partial charge in [-0.15, -0.1) is 0 Å². The van der Waals surface area contributed by atoms with Crippen molar-refractivity contribution in [3.8, 4) is 28.5 Å². The van der Waals surface area contributed by atoms with Gasteiger partial charge in [-0.2, -0.15) is 0 Å². The molecule has 0 N–H and O–H groups in total. The molecule has 4 rings (SSSR count). The van der Waals surface area contributed by atoms with Crippen molar-refractivity contribution in [3.05, 3.63) is 65.2 Å². The second-order valence-corrected chi connectivity index (χ2v) is 7.67. The topological polar surface area (TPSA) is 39.6 Å². The molecule has 3 aromatic rings. The quantitative estimate of drug-likeness (QED) is 0.474. The Kier molecular flexibility index (Phi) is 4.92. The van der Waals surface area contributed by atoms with E-state index in [4.69, 9.17) is 20.7 Å². The minimum atomic E-state index is 0.0198. The number of nitrogens with zero attached hydrogens (tertiary/aromatic N) is 2. The molecule has 0 unspecified atom stereocenters. The Bertz CT molecular complexity index is 1040. The summed E-state index contributed by atoms with van der Waals surface area (Å²) in [5, 5.41) is 0. The Balaban J connectivity index is 1.70. The van der Waals surface area contributed by atoms with Crippen molar-refractivity contribution in [2.75, 3.05) is 0 Å². The van der Waals surface area contributed by atoms with E-state index in [1.54, 1.807) is 12.3 Å². The van der Waals surface area contributed by atoms with E-state index in [-0.39, 0.29) is 6.10 Å². The lowest BCUT2D eigenvalue weighted by molar-refractivity contribution is 0.244. The molecule has 142 valence electrons. The first-order chi connectivity index (χ1) is 13.6. The van der Waals surface area contributed by atoms with E-state index in [1.807, 2.05) is 26.0 Å². The van der Waals surface area contributed by atoms with Crippen molar-refractivity contribution in [3.63, 3.8) is 0 Å². The maximum absolute atomic E-state index is 7.44. The molecule has 0 bridgehead atoms. The number of oxazole rings is 1. The van der Waals surface area contributed by atoms with E-state index in [9.17, 15) is 0 Å². The summed E-state index contributed by atoms with van der Waals surface area (Å²) in [5.74, 6) is 1.70. The maximum atomic E-state index is 7.44. The van der Waals surface area contributed by atoms with E-state index in [0.29, 0.717) is 23.2 Å². The van der Waals surface area contributed by atoms with Crippen molar-refractivity contribution in [1.82, 2.24) is 4.98 Å².